The molecule has 0 saturated carbocycles. The van der Waals surface area contributed by atoms with Gasteiger partial charge in [-0.1, -0.05) is 5.21 Å². The van der Waals surface area contributed by atoms with Crippen LogP contribution in [0.5, 0.6) is 0 Å². The van der Waals surface area contributed by atoms with E-state index in [2.05, 4.69) is 25.0 Å². The zero-order valence-corrected chi connectivity index (χ0v) is 11.5. The molecule has 0 radical (unpaired) electrons. The van der Waals surface area contributed by atoms with Crippen LogP contribution in [0.15, 0.2) is 12.4 Å². The summed E-state index contributed by atoms with van der Waals surface area (Å²) in [5.74, 6) is 1.23. The average molecular weight is 280 g/mol. The minimum atomic E-state index is 0.380. The van der Waals surface area contributed by atoms with Crippen LogP contribution in [0.25, 0.3) is 11.2 Å². The van der Waals surface area contributed by atoms with Crippen LogP contribution in [0.2, 0.25) is 0 Å². The summed E-state index contributed by atoms with van der Waals surface area (Å²) in [5.41, 5.74) is 2.83. The quantitative estimate of drug-likeness (QED) is 0.671. The molecular weight excluding hydrogens is 266 g/mol. The molecule has 19 heavy (non-hydrogen) atoms. The minimum absolute atomic E-state index is 0.380. The van der Waals surface area contributed by atoms with Gasteiger partial charge >= 0.3 is 0 Å². The summed E-state index contributed by atoms with van der Waals surface area (Å²) in [7, 11) is 1.92. The fourth-order valence-electron chi connectivity index (χ4n) is 2.27. The molecule has 0 fully saturated rings. The first-order valence-corrected chi connectivity index (χ1v) is 6.53. The first-order chi connectivity index (χ1) is 9.20. The lowest BCUT2D eigenvalue weighted by atomic mass is 10.4. The lowest BCUT2D eigenvalue weighted by Crippen LogP contribution is -2.12. The Balaban J connectivity index is 2.00. The lowest BCUT2D eigenvalue weighted by Gasteiger charge is -2.07. The fraction of sp³-hybridized carbons (Fsp3) is 0.455. The van der Waals surface area contributed by atoms with Gasteiger partial charge in [-0.3, -0.25) is 9.36 Å². The first kappa shape index (κ1) is 12.2. The molecule has 0 aliphatic rings. The van der Waals surface area contributed by atoms with Gasteiger partial charge in [0.15, 0.2) is 5.65 Å². The van der Waals surface area contributed by atoms with E-state index in [0.717, 1.165) is 35.8 Å². The zero-order valence-electron chi connectivity index (χ0n) is 10.8. The third-order valence-electron chi connectivity index (χ3n) is 3.11. The van der Waals surface area contributed by atoms with Crippen molar-refractivity contribution in [2.75, 3.05) is 0 Å². The van der Waals surface area contributed by atoms with Crippen LogP contribution in [0.1, 0.15) is 11.5 Å². The molecule has 8 heteroatoms. The summed E-state index contributed by atoms with van der Waals surface area (Å²) in [4.78, 5) is 4.55. The molecule has 0 bridgehead atoms. The minimum Gasteiger partial charge on any atom is -0.310 e. The normalized spacial score (nSPS) is 11.5. The summed E-state index contributed by atoms with van der Waals surface area (Å²) < 4.78 is 5.71. The van der Waals surface area contributed by atoms with Gasteiger partial charge in [-0.15, -0.1) is 16.7 Å². The molecule has 0 unspecified atom stereocenters. The van der Waals surface area contributed by atoms with Crippen molar-refractivity contribution in [1.29, 1.82) is 0 Å². The van der Waals surface area contributed by atoms with Crippen molar-refractivity contribution in [2.24, 2.45) is 7.05 Å². The predicted octanol–water partition coefficient (Wildman–Crippen LogP) is 1.11. The second kappa shape index (κ2) is 4.65. The predicted molar refractivity (Wildman–Crippen MR) is 70.8 cm³/mol. The van der Waals surface area contributed by atoms with Gasteiger partial charge in [0, 0.05) is 19.8 Å². The maximum atomic E-state index is 5.98. The van der Waals surface area contributed by atoms with E-state index in [9.17, 15) is 0 Å². The number of fused-ring (bicyclic) bond motifs is 1. The van der Waals surface area contributed by atoms with Crippen molar-refractivity contribution in [3.8, 4) is 0 Å². The number of aromatic nitrogens is 7. The van der Waals surface area contributed by atoms with Crippen LogP contribution >= 0.6 is 11.6 Å². The second-order valence-corrected chi connectivity index (χ2v) is 4.63. The van der Waals surface area contributed by atoms with Crippen LogP contribution < -0.4 is 0 Å². The largest absolute Gasteiger partial charge is 0.310 e. The Labute approximate surface area is 114 Å². The molecule has 0 spiro atoms. The van der Waals surface area contributed by atoms with Crippen molar-refractivity contribution in [3.63, 3.8) is 0 Å². The number of aryl methyl sites for hydroxylation is 4. The van der Waals surface area contributed by atoms with E-state index in [1.54, 1.807) is 10.9 Å². The van der Waals surface area contributed by atoms with Gasteiger partial charge in [0.2, 0.25) is 0 Å². The van der Waals surface area contributed by atoms with Crippen LogP contribution in [0, 0.1) is 6.92 Å². The van der Waals surface area contributed by atoms with Crippen molar-refractivity contribution in [1.82, 2.24) is 34.3 Å². The standard InChI is InChI=1S/C11H14ClN7/c1-8-10-11(17(2)15-8)19(9(7-12)14-10)6-5-18-4-3-13-16-18/h3-4H,5-7H2,1-2H3. The third kappa shape index (κ3) is 1.99. The Morgan fingerprint density at radius 3 is 2.84 bits per heavy atom. The summed E-state index contributed by atoms with van der Waals surface area (Å²) in [5, 5.41) is 12.1. The van der Waals surface area contributed by atoms with Gasteiger partial charge in [-0.05, 0) is 6.92 Å². The van der Waals surface area contributed by atoms with E-state index in [1.807, 2.05) is 24.9 Å². The molecule has 0 N–H and O–H groups in total. The molecular formula is C11H14ClN7. The number of rotatable bonds is 4. The van der Waals surface area contributed by atoms with E-state index >= 15 is 0 Å². The lowest BCUT2D eigenvalue weighted by molar-refractivity contribution is 0.512. The molecule has 100 valence electrons. The SMILES string of the molecule is Cc1nn(C)c2c1nc(CCl)n2CCn1ccnn1. The molecule has 3 rings (SSSR count). The number of halogens is 1. The smallest absolute Gasteiger partial charge is 0.158 e. The molecule has 0 aliphatic heterocycles. The van der Waals surface area contributed by atoms with E-state index in [-0.39, 0.29) is 0 Å². The molecule has 3 aromatic rings. The molecule has 0 aliphatic carbocycles. The number of hydrogen-bond acceptors (Lipinski definition) is 4. The van der Waals surface area contributed by atoms with Crippen molar-refractivity contribution < 1.29 is 0 Å². The molecule has 0 amide bonds. The second-order valence-electron chi connectivity index (χ2n) is 4.36. The van der Waals surface area contributed by atoms with E-state index in [4.69, 9.17) is 11.6 Å². The highest BCUT2D eigenvalue weighted by Gasteiger charge is 2.16. The van der Waals surface area contributed by atoms with Crippen LogP contribution in [-0.4, -0.2) is 34.3 Å². The topological polar surface area (TPSA) is 66.3 Å². The molecule has 3 aromatic heterocycles. The Morgan fingerprint density at radius 2 is 2.16 bits per heavy atom. The van der Waals surface area contributed by atoms with Crippen LogP contribution in [-0.2, 0) is 26.0 Å². The van der Waals surface area contributed by atoms with Gasteiger partial charge in [0.1, 0.15) is 11.3 Å². The Kier molecular flexibility index (Phi) is 2.98. The molecule has 0 aromatic carbocycles. The van der Waals surface area contributed by atoms with Gasteiger partial charge in [0.25, 0.3) is 0 Å². The molecule has 0 atom stereocenters. The summed E-state index contributed by atoms with van der Waals surface area (Å²) in [6.45, 7) is 3.41. The molecule has 3 heterocycles. The maximum Gasteiger partial charge on any atom is 0.158 e. The highest BCUT2D eigenvalue weighted by atomic mass is 35.5. The number of alkyl halides is 1. The number of imidazole rings is 1. The summed E-state index contributed by atoms with van der Waals surface area (Å²) >= 11 is 5.98. The van der Waals surface area contributed by atoms with Gasteiger partial charge in [0.05, 0.1) is 24.3 Å². The van der Waals surface area contributed by atoms with Gasteiger partial charge in [-0.2, -0.15) is 5.10 Å². The third-order valence-corrected chi connectivity index (χ3v) is 3.35. The van der Waals surface area contributed by atoms with Crippen molar-refractivity contribution in [2.45, 2.75) is 25.9 Å². The summed E-state index contributed by atoms with van der Waals surface area (Å²) in [6, 6.07) is 0. The van der Waals surface area contributed by atoms with Crippen molar-refractivity contribution >= 4 is 22.8 Å². The Bertz CT molecular complexity index is 694. The van der Waals surface area contributed by atoms with Crippen LogP contribution in [0.3, 0.4) is 0 Å². The highest BCUT2D eigenvalue weighted by Crippen LogP contribution is 2.20. The zero-order chi connectivity index (χ0) is 13.4. The Hall–Kier alpha value is -1.89. The number of nitrogens with zero attached hydrogens (tertiary/aromatic N) is 7. The fourth-order valence-corrected chi connectivity index (χ4v) is 2.48. The molecule has 0 saturated heterocycles. The Morgan fingerprint density at radius 1 is 1.32 bits per heavy atom. The summed E-state index contributed by atoms with van der Waals surface area (Å²) in [6.07, 6.45) is 3.50. The van der Waals surface area contributed by atoms with E-state index in [1.165, 1.54) is 0 Å². The molecule has 7 nitrogen and oxygen atoms in total. The van der Waals surface area contributed by atoms with Gasteiger partial charge in [-0.25, -0.2) is 4.98 Å². The van der Waals surface area contributed by atoms with E-state index in [0.29, 0.717) is 5.88 Å². The highest BCUT2D eigenvalue weighted by molar-refractivity contribution is 6.16. The first-order valence-electron chi connectivity index (χ1n) is 5.99. The van der Waals surface area contributed by atoms with Gasteiger partial charge < -0.3 is 4.57 Å². The average Bonchev–Trinajstić information content (AvgIpc) is 3.07. The maximum absolute atomic E-state index is 5.98. The van der Waals surface area contributed by atoms with E-state index < -0.39 is 0 Å². The number of hydrogen-bond donors (Lipinski definition) is 0. The van der Waals surface area contributed by atoms with Crippen molar-refractivity contribution in [3.05, 3.63) is 23.9 Å². The monoisotopic (exact) mass is 279 g/mol. The van der Waals surface area contributed by atoms with Crippen LogP contribution in [0.4, 0.5) is 0 Å².